The van der Waals surface area contributed by atoms with Crippen LogP contribution >= 0.6 is 0 Å². The molecule has 0 aliphatic rings. The number of benzene rings is 1. The zero-order valence-electron chi connectivity index (χ0n) is 10.9. The number of ketones is 1. The zero-order chi connectivity index (χ0) is 14.9. The van der Waals surface area contributed by atoms with Crippen molar-refractivity contribution >= 4 is 5.78 Å². The van der Waals surface area contributed by atoms with Gasteiger partial charge in [-0.15, -0.1) is 0 Å². The van der Waals surface area contributed by atoms with Gasteiger partial charge in [0.25, 0.3) is 0 Å². The molecule has 0 bridgehead atoms. The van der Waals surface area contributed by atoms with Crippen LogP contribution in [0.15, 0.2) is 28.7 Å². The van der Waals surface area contributed by atoms with E-state index >= 15 is 0 Å². The van der Waals surface area contributed by atoms with Crippen molar-refractivity contribution in [1.29, 1.82) is 0 Å². The molecular weight excluding hydrogens is 271 g/mol. The van der Waals surface area contributed by atoms with Gasteiger partial charge in [0.1, 0.15) is 11.5 Å². The predicted octanol–water partition coefficient (Wildman–Crippen LogP) is 3.80. The van der Waals surface area contributed by atoms with E-state index < -0.39 is 11.7 Å². The first kappa shape index (κ1) is 14.3. The van der Waals surface area contributed by atoms with E-state index in [1.54, 1.807) is 6.92 Å². The molecule has 0 saturated carbocycles. The van der Waals surface area contributed by atoms with Gasteiger partial charge in [-0.3, -0.25) is 4.79 Å². The lowest BCUT2D eigenvalue weighted by atomic mass is 10.1. The number of hydrogen-bond acceptors (Lipinski definition) is 3. The summed E-state index contributed by atoms with van der Waals surface area (Å²) in [5, 5.41) is 0. The summed E-state index contributed by atoms with van der Waals surface area (Å²) in [5.74, 6) is 0.586. The Morgan fingerprint density at radius 1 is 1.25 bits per heavy atom. The van der Waals surface area contributed by atoms with Crippen LogP contribution in [0.3, 0.4) is 0 Å². The van der Waals surface area contributed by atoms with Gasteiger partial charge in [-0.1, -0.05) is 0 Å². The van der Waals surface area contributed by atoms with Crippen LogP contribution in [0.1, 0.15) is 23.9 Å². The van der Waals surface area contributed by atoms with Crippen molar-refractivity contribution in [1.82, 2.24) is 4.98 Å². The molecule has 0 aliphatic heterocycles. The number of carbonyl (C=O) groups excluding carboxylic acids is 1. The molecule has 1 aromatic carbocycles. The lowest BCUT2D eigenvalue weighted by molar-refractivity contribution is -0.137. The van der Waals surface area contributed by atoms with Gasteiger partial charge in [-0.05, 0) is 38.1 Å². The van der Waals surface area contributed by atoms with E-state index in [1.807, 2.05) is 0 Å². The number of nitrogens with zero attached hydrogens (tertiary/aromatic N) is 1. The van der Waals surface area contributed by atoms with E-state index in [1.165, 1.54) is 19.1 Å². The van der Waals surface area contributed by atoms with Crippen LogP contribution < -0.4 is 0 Å². The van der Waals surface area contributed by atoms with Gasteiger partial charge in [0.15, 0.2) is 0 Å². The van der Waals surface area contributed by atoms with Crippen molar-refractivity contribution in [3.63, 3.8) is 0 Å². The fraction of sp³-hybridized carbons (Fsp3) is 0.286. The Labute approximate surface area is 113 Å². The Kier molecular flexibility index (Phi) is 3.65. The molecule has 2 rings (SSSR count). The van der Waals surface area contributed by atoms with Crippen molar-refractivity contribution < 1.29 is 22.4 Å². The van der Waals surface area contributed by atoms with Crippen molar-refractivity contribution in [3.05, 3.63) is 41.3 Å². The van der Waals surface area contributed by atoms with Crippen molar-refractivity contribution in [2.24, 2.45) is 0 Å². The maximum absolute atomic E-state index is 12.5. The number of aromatic nitrogens is 1. The molecule has 1 aromatic heterocycles. The minimum Gasteiger partial charge on any atom is -0.440 e. The Morgan fingerprint density at radius 2 is 1.85 bits per heavy atom. The fourth-order valence-corrected chi connectivity index (χ4v) is 1.74. The number of aryl methyl sites for hydroxylation is 1. The second-order valence-electron chi connectivity index (χ2n) is 4.48. The number of carbonyl (C=O) groups is 1. The third-order valence-corrected chi connectivity index (χ3v) is 2.76. The van der Waals surface area contributed by atoms with Gasteiger partial charge in [0.2, 0.25) is 5.89 Å². The van der Waals surface area contributed by atoms with Crippen molar-refractivity contribution in [3.8, 4) is 11.5 Å². The molecule has 3 nitrogen and oxygen atoms in total. The third-order valence-electron chi connectivity index (χ3n) is 2.76. The van der Waals surface area contributed by atoms with Gasteiger partial charge in [0, 0.05) is 5.56 Å². The Bertz CT molecular complexity index is 627. The lowest BCUT2D eigenvalue weighted by Gasteiger charge is -2.06. The number of halogens is 3. The molecule has 0 atom stereocenters. The number of alkyl halides is 3. The predicted molar refractivity (Wildman–Crippen MR) is 66.1 cm³/mol. The van der Waals surface area contributed by atoms with Crippen LogP contribution in [0.25, 0.3) is 11.5 Å². The number of oxazole rings is 1. The normalized spacial score (nSPS) is 11.7. The summed E-state index contributed by atoms with van der Waals surface area (Å²) in [5.41, 5.74) is 0.277. The molecule has 0 aliphatic carbocycles. The average molecular weight is 283 g/mol. The molecule has 0 N–H and O–H groups in total. The van der Waals surface area contributed by atoms with Crippen LogP contribution in [-0.2, 0) is 17.4 Å². The summed E-state index contributed by atoms with van der Waals surface area (Å²) in [6.07, 6.45) is -4.25. The standard InChI is InChI=1S/C14H12F3NO2/c1-8(19)7-12-9(2)18-13(20-12)10-3-5-11(6-4-10)14(15,16)17/h3-6H,7H2,1-2H3. The van der Waals surface area contributed by atoms with E-state index in [9.17, 15) is 18.0 Å². The second-order valence-corrected chi connectivity index (χ2v) is 4.48. The fourth-order valence-electron chi connectivity index (χ4n) is 1.74. The first-order chi connectivity index (χ1) is 9.27. The topological polar surface area (TPSA) is 43.1 Å². The van der Waals surface area contributed by atoms with Gasteiger partial charge < -0.3 is 4.42 Å². The van der Waals surface area contributed by atoms with Crippen molar-refractivity contribution in [2.45, 2.75) is 26.4 Å². The van der Waals surface area contributed by atoms with Gasteiger partial charge in [0.05, 0.1) is 17.7 Å². The lowest BCUT2D eigenvalue weighted by Crippen LogP contribution is -2.03. The van der Waals surface area contributed by atoms with Crippen LogP contribution in [-0.4, -0.2) is 10.8 Å². The summed E-state index contributed by atoms with van der Waals surface area (Å²) in [6, 6.07) is 4.54. The van der Waals surface area contributed by atoms with Crippen LogP contribution in [0.5, 0.6) is 0 Å². The van der Waals surface area contributed by atoms with E-state index in [0.717, 1.165) is 12.1 Å². The highest BCUT2D eigenvalue weighted by molar-refractivity contribution is 5.77. The SMILES string of the molecule is CC(=O)Cc1oc(-c2ccc(C(F)(F)F)cc2)nc1C. The van der Waals surface area contributed by atoms with Gasteiger partial charge in [-0.25, -0.2) is 4.98 Å². The quantitative estimate of drug-likeness (QED) is 0.860. The molecule has 2 aromatic rings. The maximum atomic E-state index is 12.5. The first-order valence-electron chi connectivity index (χ1n) is 5.91. The largest absolute Gasteiger partial charge is 0.440 e. The summed E-state index contributed by atoms with van der Waals surface area (Å²) in [6.45, 7) is 3.12. The highest BCUT2D eigenvalue weighted by Gasteiger charge is 2.30. The molecule has 0 radical (unpaired) electrons. The smallest absolute Gasteiger partial charge is 0.416 e. The molecule has 0 saturated heterocycles. The second kappa shape index (κ2) is 5.11. The number of Topliss-reactive ketones (excluding diaryl/α,β-unsaturated/α-hetero) is 1. The Balaban J connectivity index is 2.30. The monoisotopic (exact) mass is 283 g/mol. The molecule has 0 fully saturated rings. The number of hydrogen-bond donors (Lipinski definition) is 0. The van der Waals surface area contributed by atoms with Crippen LogP contribution in [0.4, 0.5) is 13.2 Å². The molecule has 20 heavy (non-hydrogen) atoms. The van der Waals surface area contributed by atoms with E-state index in [4.69, 9.17) is 4.42 Å². The summed E-state index contributed by atoms with van der Waals surface area (Å²) >= 11 is 0. The number of rotatable bonds is 3. The van der Waals surface area contributed by atoms with Gasteiger partial charge >= 0.3 is 6.18 Å². The van der Waals surface area contributed by atoms with Crippen molar-refractivity contribution in [2.75, 3.05) is 0 Å². The van der Waals surface area contributed by atoms with E-state index in [2.05, 4.69) is 4.98 Å². The van der Waals surface area contributed by atoms with E-state index in [-0.39, 0.29) is 18.1 Å². The molecule has 106 valence electrons. The average Bonchev–Trinajstić information content (AvgIpc) is 2.69. The van der Waals surface area contributed by atoms with Crippen LogP contribution in [0.2, 0.25) is 0 Å². The first-order valence-corrected chi connectivity index (χ1v) is 5.91. The minimum atomic E-state index is -4.37. The third kappa shape index (κ3) is 3.07. The highest BCUT2D eigenvalue weighted by Crippen LogP contribution is 2.31. The van der Waals surface area contributed by atoms with Crippen LogP contribution in [0, 0.1) is 6.92 Å². The molecular formula is C14H12F3NO2. The summed E-state index contributed by atoms with van der Waals surface area (Å²) < 4.78 is 42.8. The molecule has 0 amide bonds. The summed E-state index contributed by atoms with van der Waals surface area (Å²) in [7, 11) is 0. The summed E-state index contributed by atoms with van der Waals surface area (Å²) in [4.78, 5) is 15.2. The Morgan fingerprint density at radius 3 is 2.35 bits per heavy atom. The molecule has 6 heteroatoms. The zero-order valence-corrected chi connectivity index (χ0v) is 10.9. The molecule has 0 unspecified atom stereocenters. The highest BCUT2D eigenvalue weighted by atomic mass is 19.4. The van der Waals surface area contributed by atoms with Gasteiger partial charge in [-0.2, -0.15) is 13.2 Å². The minimum absolute atomic E-state index is 0.0665. The van der Waals surface area contributed by atoms with E-state index in [0.29, 0.717) is 17.0 Å². The Hall–Kier alpha value is -2.11. The molecule has 1 heterocycles. The molecule has 0 spiro atoms. The maximum Gasteiger partial charge on any atom is 0.416 e.